The first kappa shape index (κ1) is 15.9. The van der Waals surface area contributed by atoms with Crippen LogP contribution in [0.15, 0.2) is 48.5 Å². The van der Waals surface area contributed by atoms with E-state index in [0.29, 0.717) is 17.9 Å². The van der Waals surface area contributed by atoms with Crippen LogP contribution in [-0.4, -0.2) is 32.1 Å². The first-order valence-corrected chi connectivity index (χ1v) is 7.68. The summed E-state index contributed by atoms with van der Waals surface area (Å²) in [6.45, 7) is 0. The van der Waals surface area contributed by atoms with Crippen molar-refractivity contribution in [1.29, 1.82) is 0 Å². The topological polar surface area (TPSA) is 70.7 Å². The third-order valence-corrected chi connectivity index (χ3v) is 4.09. The second-order valence-corrected chi connectivity index (χ2v) is 5.49. The van der Waals surface area contributed by atoms with Gasteiger partial charge in [-0.25, -0.2) is 4.79 Å². The highest BCUT2D eigenvalue weighted by Crippen LogP contribution is 2.32. The van der Waals surface area contributed by atoms with Crippen LogP contribution in [-0.2, 0) is 11.2 Å². The third kappa shape index (κ3) is 2.90. The van der Waals surface area contributed by atoms with Crippen LogP contribution in [0.25, 0.3) is 0 Å². The molecule has 0 unspecified atom stereocenters. The van der Waals surface area contributed by atoms with Gasteiger partial charge in [-0.15, -0.1) is 0 Å². The Morgan fingerprint density at radius 1 is 1.12 bits per heavy atom. The number of nitrogens with one attached hydrogen (secondary N) is 2. The zero-order chi connectivity index (χ0) is 17.1. The number of benzene rings is 2. The molecule has 3 amide bonds. The molecule has 0 radical (unpaired) electrons. The normalized spacial score (nSPS) is 15.6. The average Bonchev–Trinajstić information content (AvgIpc) is 3.01. The van der Waals surface area contributed by atoms with E-state index in [-0.39, 0.29) is 11.9 Å². The number of ether oxygens (including phenoxy) is 1. The molecule has 1 aliphatic rings. The molecule has 0 aromatic heterocycles. The van der Waals surface area contributed by atoms with Crippen molar-refractivity contribution >= 4 is 23.3 Å². The summed E-state index contributed by atoms with van der Waals surface area (Å²) >= 11 is 0. The summed E-state index contributed by atoms with van der Waals surface area (Å²) < 4.78 is 5.11. The monoisotopic (exact) mass is 325 g/mol. The van der Waals surface area contributed by atoms with Crippen LogP contribution in [0, 0.1) is 0 Å². The quantitative estimate of drug-likeness (QED) is 0.910. The lowest BCUT2D eigenvalue weighted by atomic mass is 10.1. The number of likely N-dealkylation sites (N-methyl/N-ethyl adjacent to an activating group) is 1. The molecule has 0 aliphatic carbocycles. The Balaban J connectivity index is 1.85. The fourth-order valence-corrected chi connectivity index (χ4v) is 2.87. The molecule has 0 saturated heterocycles. The Kier molecular flexibility index (Phi) is 4.37. The summed E-state index contributed by atoms with van der Waals surface area (Å²) in [7, 11) is 3.16. The number of carbonyl (C=O) groups is 2. The molecule has 6 nitrogen and oxygen atoms in total. The SMILES string of the molecule is CNC(=O)[C@@H]1Cc2ccccc2N1C(=O)Nc1ccc(OC)cc1. The van der Waals surface area contributed by atoms with Crippen molar-refractivity contribution in [3.05, 3.63) is 54.1 Å². The van der Waals surface area contributed by atoms with Crippen molar-refractivity contribution in [2.45, 2.75) is 12.5 Å². The van der Waals surface area contributed by atoms with Crippen LogP contribution in [0.3, 0.4) is 0 Å². The molecule has 2 aromatic rings. The number of fused-ring (bicyclic) bond motifs is 1. The van der Waals surface area contributed by atoms with E-state index in [4.69, 9.17) is 4.74 Å². The summed E-state index contributed by atoms with van der Waals surface area (Å²) in [4.78, 5) is 26.5. The summed E-state index contributed by atoms with van der Waals surface area (Å²) in [5.41, 5.74) is 2.38. The summed E-state index contributed by atoms with van der Waals surface area (Å²) in [6.07, 6.45) is 0.506. The Bertz CT molecular complexity index is 758. The first-order chi connectivity index (χ1) is 11.6. The highest BCUT2D eigenvalue weighted by molar-refractivity contribution is 6.08. The Labute approximate surface area is 140 Å². The summed E-state index contributed by atoms with van der Waals surface area (Å²) in [5.74, 6) is 0.527. The maximum Gasteiger partial charge on any atom is 0.327 e. The van der Waals surface area contributed by atoms with Crippen molar-refractivity contribution < 1.29 is 14.3 Å². The molecule has 6 heteroatoms. The van der Waals surface area contributed by atoms with Crippen LogP contribution in [0.4, 0.5) is 16.2 Å². The molecule has 124 valence electrons. The molecular formula is C18H19N3O3. The maximum absolute atomic E-state index is 12.8. The average molecular weight is 325 g/mol. The zero-order valence-corrected chi connectivity index (χ0v) is 13.6. The second kappa shape index (κ2) is 6.62. The minimum absolute atomic E-state index is 0.184. The van der Waals surface area contributed by atoms with Crippen molar-refractivity contribution in [3.8, 4) is 5.75 Å². The number of hydrogen-bond acceptors (Lipinski definition) is 3. The van der Waals surface area contributed by atoms with Gasteiger partial charge in [0.1, 0.15) is 11.8 Å². The molecule has 1 aliphatic heterocycles. The van der Waals surface area contributed by atoms with E-state index >= 15 is 0 Å². The fourth-order valence-electron chi connectivity index (χ4n) is 2.87. The lowest BCUT2D eigenvalue weighted by Crippen LogP contribution is -2.48. The number of rotatable bonds is 3. The first-order valence-electron chi connectivity index (χ1n) is 7.68. The lowest BCUT2D eigenvalue weighted by Gasteiger charge is -2.24. The van der Waals surface area contributed by atoms with Gasteiger partial charge in [-0.05, 0) is 35.9 Å². The van der Waals surface area contributed by atoms with Gasteiger partial charge >= 0.3 is 6.03 Å². The van der Waals surface area contributed by atoms with Crippen molar-refractivity contribution in [2.75, 3.05) is 24.4 Å². The van der Waals surface area contributed by atoms with Gasteiger partial charge in [-0.2, -0.15) is 0 Å². The number of nitrogens with zero attached hydrogens (tertiary/aromatic N) is 1. The van der Waals surface area contributed by atoms with Crippen LogP contribution >= 0.6 is 0 Å². The molecule has 2 N–H and O–H groups in total. The van der Waals surface area contributed by atoms with E-state index in [1.54, 1.807) is 38.4 Å². The van der Waals surface area contributed by atoms with E-state index in [1.165, 1.54) is 4.90 Å². The van der Waals surface area contributed by atoms with E-state index in [1.807, 2.05) is 24.3 Å². The van der Waals surface area contributed by atoms with E-state index < -0.39 is 6.04 Å². The van der Waals surface area contributed by atoms with Gasteiger partial charge in [0.25, 0.3) is 0 Å². The molecule has 0 spiro atoms. The predicted molar refractivity (Wildman–Crippen MR) is 92.5 cm³/mol. The van der Waals surface area contributed by atoms with E-state index in [9.17, 15) is 9.59 Å². The molecule has 2 aromatic carbocycles. The number of para-hydroxylation sites is 1. The number of urea groups is 1. The minimum Gasteiger partial charge on any atom is -0.497 e. The van der Waals surface area contributed by atoms with Gasteiger partial charge < -0.3 is 15.4 Å². The molecule has 0 bridgehead atoms. The highest BCUT2D eigenvalue weighted by atomic mass is 16.5. The lowest BCUT2D eigenvalue weighted by molar-refractivity contribution is -0.121. The van der Waals surface area contributed by atoms with Crippen molar-refractivity contribution in [2.24, 2.45) is 0 Å². The smallest absolute Gasteiger partial charge is 0.327 e. The third-order valence-electron chi connectivity index (χ3n) is 4.09. The summed E-state index contributed by atoms with van der Waals surface area (Å²) in [6, 6.07) is 13.7. The zero-order valence-electron chi connectivity index (χ0n) is 13.6. The number of methoxy groups -OCH3 is 1. The molecule has 24 heavy (non-hydrogen) atoms. The number of amides is 3. The van der Waals surface area contributed by atoms with Crippen LogP contribution in [0.5, 0.6) is 5.75 Å². The maximum atomic E-state index is 12.8. The van der Waals surface area contributed by atoms with Gasteiger partial charge in [-0.3, -0.25) is 9.69 Å². The Morgan fingerprint density at radius 3 is 2.50 bits per heavy atom. The van der Waals surface area contributed by atoms with Gasteiger partial charge in [0.2, 0.25) is 5.91 Å². The molecular weight excluding hydrogens is 306 g/mol. The van der Waals surface area contributed by atoms with Crippen molar-refractivity contribution in [3.63, 3.8) is 0 Å². The predicted octanol–water partition coefficient (Wildman–Crippen LogP) is 2.40. The van der Waals surface area contributed by atoms with Gasteiger partial charge in [-0.1, -0.05) is 18.2 Å². The van der Waals surface area contributed by atoms with E-state index in [2.05, 4.69) is 10.6 Å². The van der Waals surface area contributed by atoms with Crippen LogP contribution in [0.1, 0.15) is 5.56 Å². The number of anilines is 2. The second-order valence-electron chi connectivity index (χ2n) is 5.49. The van der Waals surface area contributed by atoms with Crippen LogP contribution in [0.2, 0.25) is 0 Å². The molecule has 0 fully saturated rings. The molecule has 0 saturated carbocycles. The number of hydrogen-bond donors (Lipinski definition) is 2. The van der Waals surface area contributed by atoms with E-state index in [0.717, 1.165) is 11.3 Å². The van der Waals surface area contributed by atoms with Crippen LogP contribution < -0.4 is 20.3 Å². The summed E-state index contributed by atoms with van der Waals surface area (Å²) in [5, 5.41) is 5.46. The minimum atomic E-state index is -0.550. The van der Waals surface area contributed by atoms with Gasteiger partial charge in [0, 0.05) is 24.8 Å². The molecule has 1 atom stereocenters. The Morgan fingerprint density at radius 2 is 1.83 bits per heavy atom. The highest BCUT2D eigenvalue weighted by Gasteiger charge is 2.37. The van der Waals surface area contributed by atoms with Crippen molar-refractivity contribution in [1.82, 2.24) is 5.32 Å². The van der Waals surface area contributed by atoms with Gasteiger partial charge in [0.15, 0.2) is 0 Å². The molecule has 3 rings (SSSR count). The number of carbonyl (C=O) groups excluding carboxylic acids is 2. The van der Waals surface area contributed by atoms with Gasteiger partial charge in [0.05, 0.1) is 7.11 Å². The standard InChI is InChI=1S/C18H19N3O3/c1-19-17(22)16-11-12-5-3-4-6-15(12)21(16)18(23)20-13-7-9-14(24-2)10-8-13/h3-10,16H,11H2,1-2H3,(H,19,22)(H,20,23)/t16-/m0/s1. The largest absolute Gasteiger partial charge is 0.497 e. The fraction of sp³-hybridized carbons (Fsp3) is 0.222. The molecule has 1 heterocycles. The Hall–Kier alpha value is -3.02.